The molecule has 0 aliphatic heterocycles. The zero-order valence-electron chi connectivity index (χ0n) is 14.7. The number of alkyl halides is 3. The van der Waals surface area contributed by atoms with Gasteiger partial charge in [0.15, 0.2) is 0 Å². The molecule has 0 amide bonds. The SMILES string of the molecule is Nc1[nH]c(=O)[nH]c(=O)c1-c1c(-c2ccc(C(F)(F)F)cc2)[nH]c2[nH]c(=O)[nH]c(=O)c12. The molecule has 10 nitrogen and oxygen atoms in total. The highest BCUT2D eigenvalue weighted by Gasteiger charge is 2.30. The van der Waals surface area contributed by atoms with Crippen LogP contribution in [0.15, 0.2) is 43.4 Å². The number of hydrogen-bond donors (Lipinski definition) is 6. The van der Waals surface area contributed by atoms with Crippen molar-refractivity contribution in [1.82, 2.24) is 24.9 Å². The van der Waals surface area contributed by atoms with E-state index in [-0.39, 0.29) is 39.2 Å². The van der Waals surface area contributed by atoms with Gasteiger partial charge < -0.3 is 10.7 Å². The zero-order chi connectivity index (χ0) is 21.8. The summed E-state index contributed by atoms with van der Waals surface area (Å²) in [5.74, 6) is -0.372. The highest BCUT2D eigenvalue weighted by Crippen LogP contribution is 2.37. The molecule has 0 unspecified atom stereocenters. The molecule has 0 atom stereocenters. The van der Waals surface area contributed by atoms with Crippen molar-refractivity contribution >= 4 is 16.9 Å². The summed E-state index contributed by atoms with van der Waals surface area (Å²) in [7, 11) is 0. The van der Waals surface area contributed by atoms with Gasteiger partial charge in [0.25, 0.3) is 11.1 Å². The number of nitrogens with two attached hydrogens (primary N) is 1. The van der Waals surface area contributed by atoms with E-state index in [2.05, 4.69) is 15.0 Å². The number of aromatic amines is 5. The minimum Gasteiger partial charge on any atom is -0.384 e. The van der Waals surface area contributed by atoms with Gasteiger partial charge in [-0.25, -0.2) is 9.59 Å². The number of nitrogen functional groups attached to an aromatic ring is 1. The third-order valence-electron chi connectivity index (χ3n) is 4.42. The van der Waals surface area contributed by atoms with Crippen LogP contribution >= 0.6 is 0 Å². The van der Waals surface area contributed by atoms with Crippen LogP contribution in [-0.2, 0) is 6.18 Å². The standard InChI is InChI=1S/C17H11F3N6O4/c18-17(19,20)6-3-1-5(2-4-6)10-7(8-11(21)23-15(29)25-13(8)27)9-12(22-10)24-16(30)26-14(9)28/h1-4H,(H4,21,23,25,27,29)(H3,22,24,26,28,30). The van der Waals surface area contributed by atoms with Crippen molar-refractivity contribution in [2.24, 2.45) is 0 Å². The summed E-state index contributed by atoms with van der Waals surface area (Å²) < 4.78 is 38.7. The molecule has 0 saturated carbocycles. The summed E-state index contributed by atoms with van der Waals surface area (Å²) in [6, 6.07) is 3.88. The van der Waals surface area contributed by atoms with Gasteiger partial charge in [-0.3, -0.25) is 29.5 Å². The van der Waals surface area contributed by atoms with Gasteiger partial charge >= 0.3 is 17.6 Å². The van der Waals surface area contributed by atoms with E-state index in [0.717, 1.165) is 24.3 Å². The lowest BCUT2D eigenvalue weighted by molar-refractivity contribution is -0.137. The molecule has 4 rings (SSSR count). The maximum absolute atomic E-state index is 12.9. The Morgan fingerprint density at radius 2 is 1.33 bits per heavy atom. The van der Waals surface area contributed by atoms with E-state index in [1.54, 1.807) is 0 Å². The Morgan fingerprint density at radius 3 is 1.93 bits per heavy atom. The van der Waals surface area contributed by atoms with Crippen LogP contribution in [0.4, 0.5) is 19.0 Å². The van der Waals surface area contributed by atoms with E-state index in [9.17, 15) is 32.3 Å². The van der Waals surface area contributed by atoms with Gasteiger partial charge in [0.05, 0.1) is 22.2 Å². The van der Waals surface area contributed by atoms with Crippen molar-refractivity contribution in [3.8, 4) is 22.4 Å². The summed E-state index contributed by atoms with van der Waals surface area (Å²) in [4.78, 5) is 59.3. The van der Waals surface area contributed by atoms with E-state index in [4.69, 9.17) is 5.73 Å². The van der Waals surface area contributed by atoms with E-state index in [1.165, 1.54) is 0 Å². The van der Waals surface area contributed by atoms with Crippen LogP contribution in [-0.4, -0.2) is 24.9 Å². The Morgan fingerprint density at radius 1 is 0.733 bits per heavy atom. The number of fused-ring (bicyclic) bond motifs is 1. The lowest BCUT2D eigenvalue weighted by Gasteiger charge is -2.09. The molecule has 13 heteroatoms. The van der Waals surface area contributed by atoms with Crippen molar-refractivity contribution in [2.75, 3.05) is 5.73 Å². The van der Waals surface area contributed by atoms with Gasteiger partial charge in [0.2, 0.25) is 0 Å². The molecule has 154 valence electrons. The van der Waals surface area contributed by atoms with Crippen LogP contribution < -0.4 is 28.2 Å². The quantitative estimate of drug-likeness (QED) is 0.282. The first-order chi connectivity index (χ1) is 14.1. The summed E-state index contributed by atoms with van der Waals surface area (Å²) in [5.41, 5.74) is 1.06. The van der Waals surface area contributed by atoms with Crippen LogP contribution in [0.2, 0.25) is 0 Å². The fourth-order valence-corrected chi connectivity index (χ4v) is 3.18. The monoisotopic (exact) mass is 420 g/mol. The number of halogens is 3. The minimum absolute atomic E-state index is 0.0373. The Labute approximate surface area is 161 Å². The van der Waals surface area contributed by atoms with Crippen LogP contribution in [0.25, 0.3) is 33.4 Å². The summed E-state index contributed by atoms with van der Waals surface area (Å²) in [6.45, 7) is 0. The van der Waals surface area contributed by atoms with Gasteiger partial charge in [0.1, 0.15) is 11.5 Å². The van der Waals surface area contributed by atoms with Gasteiger partial charge in [-0.05, 0) is 17.7 Å². The van der Waals surface area contributed by atoms with E-state index < -0.39 is 34.2 Å². The third-order valence-corrected chi connectivity index (χ3v) is 4.42. The Kier molecular flexibility index (Phi) is 4.04. The van der Waals surface area contributed by atoms with Gasteiger partial charge in [-0.15, -0.1) is 0 Å². The number of benzene rings is 1. The van der Waals surface area contributed by atoms with Crippen molar-refractivity contribution in [3.05, 3.63) is 71.5 Å². The minimum atomic E-state index is -4.56. The van der Waals surface area contributed by atoms with Crippen molar-refractivity contribution in [3.63, 3.8) is 0 Å². The Balaban J connectivity index is 2.12. The number of aromatic nitrogens is 5. The highest BCUT2D eigenvalue weighted by molar-refractivity contribution is 6.03. The normalized spacial score (nSPS) is 11.8. The van der Waals surface area contributed by atoms with Crippen LogP contribution in [0.3, 0.4) is 0 Å². The molecule has 0 fully saturated rings. The van der Waals surface area contributed by atoms with Crippen molar-refractivity contribution < 1.29 is 13.2 Å². The molecule has 0 saturated heterocycles. The first-order valence-electron chi connectivity index (χ1n) is 8.24. The highest BCUT2D eigenvalue weighted by atomic mass is 19.4. The first kappa shape index (κ1) is 19.0. The molecule has 0 bridgehead atoms. The lowest BCUT2D eigenvalue weighted by atomic mass is 9.99. The second-order valence-corrected chi connectivity index (χ2v) is 6.31. The lowest BCUT2D eigenvalue weighted by Crippen LogP contribution is -2.26. The molecule has 1 aromatic carbocycles. The fourth-order valence-electron chi connectivity index (χ4n) is 3.18. The molecular weight excluding hydrogens is 409 g/mol. The van der Waals surface area contributed by atoms with Crippen molar-refractivity contribution in [2.45, 2.75) is 6.18 Å². The molecule has 3 aromatic heterocycles. The fraction of sp³-hybridized carbons (Fsp3) is 0.0588. The topological polar surface area (TPSA) is 173 Å². The molecule has 0 aliphatic carbocycles. The van der Waals surface area contributed by atoms with E-state index in [1.807, 2.05) is 9.97 Å². The number of hydrogen-bond acceptors (Lipinski definition) is 5. The number of anilines is 1. The maximum atomic E-state index is 12.9. The van der Waals surface area contributed by atoms with Gasteiger partial charge in [-0.2, -0.15) is 13.2 Å². The molecule has 3 heterocycles. The van der Waals surface area contributed by atoms with E-state index >= 15 is 0 Å². The van der Waals surface area contributed by atoms with Gasteiger partial charge in [-0.1, -0.05) is 12.1 Å². The number of rotatable bonds is 2. The molecule has 4 aromatic rings. The van der Waals surface area contributed by atoms with Crippen LogP contribution in [0, 0.1) is 0 Å². The Bertz CT molecular complexity index is 1520. The predicted molar refractivity (Wildman–Crippen MR) is 101 cm³/mol. The molecule has 0 aliphatic rings. The smallest absolute Gasteiger partial charge is 0.384 e. The molecule has 0 radical (unpaired) electrons. The molecule has 30 heavy (non-hydrogen) atoms. The summed E-state index contributed by atoms with van der Waals surface area (Å²) in [5, 5.41) is -0.172. The van der Waals surface area contributed by atoms with Crippen LogP contribution in [0.1, 0.15) is 5.56 Å². The van der Waals surface area contributed by atoms with Gasteiger partial charge in [0, 0.05) is 5.56 Å². The average Bonchev–Trinajstić information content (AvgIpc) is 2.99. The maximum Gasteiger partial charge on any atom is 0.416 e. The second kappa shape index (κ2) is 6.37. The first-order valence-corrected chi connectivity index (χ1v) is 8.24. The van der Waals surface area contributed by atoms with Crippen LogP contribution in [0.5, 0.6) is 0 Å². The van der Waals surface area contributed by atoms with Crippen molar-refractivity contribution in [1.29, 1.82) is 0 Å². The summed E-state index contributed by atoms with van der Waals surface area (Å²) >= 11 is 0. The predicted octanol–water partition coefficient (Wildman–Crippen LogP) is 0.856. The molecule has 0 spiro atoms. The summed E-state index contributed by atoms with van der Waals surface area (Å²) in [6.07, 6.45) is -4.56. The number of H-pyrrole nitrogens is 5. The average molecular weight is 420 g/mol. The second-order valence-electron chi connectivity index (χ2n) is 6.31. The Hall–Kier alpha value is -4.29. The largest absolute Gasteiger partial charge is 0.416 e. The molecule has 7 N–H and O–H groups in total. The molecular formula is C17H11F3N6O4. The third kappa shape index (κ3) is 3.01. The van der Waals surface area contributed by atoms with E-state index in [0.29, 0.717) is 0 Å². The zero-order valence-corrected chi connectivity index (χ0v) is 14.7. The number of nitrogens with one attached hydrogen (secondary N) is 5.